The van der Waals surface area contributed by atoms with E-state index in [2.05, 4.69) is 36.2 Å². The first-order valence-electron chi connectivity index (χ1n) is 8.46. The van der Waals surface area contributed by atoms with Gasteiger partial charge in [-0.05, 0) is 30.0 Å². The summed E-state index contributed by atoms with van der Waals surface area (Å²) in [5, 5.41) is 2.99. The zero-order valence-electron chi connectivity index (χ0n) is 14.5. The Kier molecular flexibility index (Phi) is 6.71. The molecule has 1 fully saturated rings. The van der Waals surface area contributed by atoms with Crippen molar-refractivity contribution in [2.75, 3.05) is 46.4 Å². The second-order valence-corrected chi connectivity index (χ2v) is 6.51. The summed E-state index contributed by atoms with van der Waals surface area (Å²) in [5.41, 5.74) is 1.29. The van der Waals surface area contributed by atoms with E-state index < -0.39 is 0 Å². The summed E-state index contributed by atoms with van der Waals surface area (Å²) in [6.07, 6.45) is 1.01. The first kappa shape index (κ1) is 17.6. The highest BCUT2D eigenvalue weighted by Gasteiger charge is 2.20. The number of carbonyl (C=O) groups excluding carboxylic acids is 1. The second kappa shape index (κ2) is 8.77. The standard InChI is InChI=1S/C18H29N3O2/c1-15(2)14-19-18(22)21-11-9-20(10-12-21)8-7-16-5-4-6-17(13-16)23-3/h4-6,13,15H,7-12,14H2,1-3H3,(H,19,22). The van der Waals surface area contributed by atoms with Gasteiger partial charge in [0.2, 0.25) is 0 Å². The van der Waals surface area contributed by atoms with Crippen LogP contribution < -0.4 is 10.1 Å². The quantitative estimate of drug-likeness (QED) is 0.874. The summed E-state index contributed by atoms with van der Waals surface area (Å²) in [4.78, 5) is 16.4. The molecule has 0 unspecified atom stereocenters. The Labute approximate surface area is 139 Å². The van der Waals surface area contributed by atoms with Crippen LogP contribution in [0.1, 0.15) is 19.4 Å². The van der Waals surface area contributed by atoms with E-state index in [1.807, 2.05) is 17.0 Å². The van der Waals surface area contributed by atoms with Gasteiger partial charge in [-0.1, -0.05) is 26.0 Å². The van der Waals surface area contributed by atoms with Crippen LogP contribution in [0.15, 0.2) is 24.3 Å². The number of ether oxygens (including phenoxy) is 1. The van der Waals surface area contributed by atoms with Crippen molar-refractivity contribution < 1.29 is 9.53 Å². The van der Waals surface area contributed by atoms with Crippen molar-refractivity contribution in [3.05, 3.63) is 29.8 Å². The number of nitrogens with zero attached hydrogens (tertiary/aromatic N) is 2. The molecule has 0 aliphatic carbocycles. The SMILES string of the molecule is COc1cccc(CCN2CCN(C(=O)NCC(C)C)CC2)c1. The van der Waals surface area contributed by atoms with Gasteiger partial charge in [-0.2, -0.15) is 0 Å². The third-order valence-corrected chi connectivity index (χ3v) is 4.17. The molecular formula is C18H29N3O2. The summed E-state index contributed by atoms with van der Waals surface area (Å²) in [6.45, 7) is 9.49. The molecule has 2 rings (SSSR count). The molecule has 128 valence electrons. The van der Waals surface area contributed by atoms with Gasteiger partial charge in [0.1, 0.15) is 5.75 Å². The van der Waals surface area contributed by atoms with E-state index in [9.17, 15) is 4.79 Å². The van der Waals surface area contributed by atoms with Crippen molar-refractivity contribution >= 4 is 6.03 Å². The minimum Gasteiger partial charge on any atom is -0.497 e. The van der Waals surface area contributed by atoms with E-state index in [-0.39, 0.29) is 6.03 Å². The summed E-state index contributed by atoms with van der Waals surface area (Å²) >= 11 is 0. The fourth-order valence-electron chi connectivity index (χ4n) is 2.69. The number of rotatable bonds is 6. The zero-order valence-corrected chi connectivity index (χ0v) is 14.5. The van der Waals surface area contributed by atoms with Crippen LogP contribution in [0.4, 0.5) is 4.79 Å². The van der Waals surface area contributed by atoms with E-state index in [0.717, 1.165) is 51.4 Å². The lowest BCUT2D eigenvalue weighted by Gasteiger charge is -2.34. The summed E-state index contributed by atoms with van der Waals surface area (Å²) in [7, 11) is 1.70. The van der Waals surface area contributed by atoms with Gasteiger partial charge in [0.05, 0.1) is 7.11 Å². The van der Waals surface area contributed by atoms with Gasteiger partial charge >= 0.3 is 6.03 Å². The Balaban J connectivity index is 1.71. The average Bonchev–Trinajstić information content (AvgIpc) is 2.58. The molecule has 1 aliphatic rings. The summed E-state index contributed by atoms with van der Waals surface area (Å²) in [5.74, 6) is 1.40. The Hall–Kier alpha value is -1.75. The molecule has 1 N–H and O–H groups in total. The van der Waals surface area contributed by atoms with Gasteiger partial charge in [0.25, 0.3) is 0 Å². The molecular weight excluding hydrogens is 290 g/mol. The number of hydrogen-bond acceptors (Lipinski definition) is 3. The number of benzene rings is 1. The van der Waals surface area contributed by atoms with E-state index in [0.29, 0.717) is 5.92 Å². The second-order valence-electron chi connectivity index (χ2n) is 6.51. The highest BCUT2D eigenvalue weighted by molar-refractivity contribution is 5.74. The molecule has 1 aromatic carbocycles. The third kappa shape index (κ3) is 5.75. The van der Waals surface area contributed by atoms with Crippen LogP contribution in [-0.4, -0.2) is 62.2 Å². The molecule has 0 aromatic heterocycles. The van der Waals surface area contributed by atoms with Crippen LogP contribution in [0, 0.1) is 5.92 Å². The highest BCUT2D eigenvalue weighted by Crippen LogP contribution is 2.13. The van der Waals surface area contributed by atoms with E-state index in [4.69, 9.17) is 4.74 Å². The molecule has 1 aromatic rings. The Bertz CT molecular complexity index is 497. The summed E-state index contributed by atoms with van der Waals surface area (Å²) < 4.78 is 5.26. The molecule has 0 atom stereocenters. The Morgan fingerprint density at radius 2 is 2.00 bits per heavy atom. The van der Waals surface area contributed by atoms with Crippen LogP contribution in [-0.2, 0) is 6.42 Å². The molecule has 23 heavy (non-hydrogen) atoms. The highest BCUT2D eigenvalue weighted by atomic mass is 16.5. The fraction of sp³-hybridized carbons (Fsp3) is 0.611. The lowest BCUT2D eigenvalue weighted by molar-refractivity contribution is 0.139. The van der Waals surface area contributed by atoms with Crippen LogP contribution in [0.5, 0.6) is 5.75 Å². The van der Waals surface area contributed by atoms with Gasteiger partial charge < -0.3 is 15.0 Å². The topological polar surface area (TPSA) is 44.8 Å². The maximum Gasteiger partial charge on any atom is 0.317 e. The van der Waals surface area contributed by atoms with Crippen molar-refractivity contribution in [3.63, 3.8) is 0 Å². The minimum absolute atomic E-state index is 0.0751. The molecule has 0 saturated carbocycles. The minimum atomic E-state index is 0.0751. The van der Waals surface area contributed by atoms with Gasteiger partial charge in [0, 0.05) is 39.3 Å². The van der Waals surface area contributed by atoms with Crippen molar-refractivity contribution in [1.82, 2.24) is 15.1 Å². The smallest absolute Gasteiger partial charge is 0.317 e. The number of methoxy groups -OCH3 is 1. The zero-order chi connectivity index (χ0) is 16.7. The lowest BCUT2D eigenvalue weighted by atomic mass is 10.1. The number of urea groups is 1. The molecule has 5 nitrogen and oxygen atoms in total. The van der Waals surface area contributed by atoms with Crippen LogP contribution in [0.2, 0.25) is 0 Å². The van der Waals surface area contributed by atoms with E-state index in [1.54, 1.807) is 7.11 Å². The van der Waals surface area contributed by atoms with Crippen LogP contribution >= 0.6 is 0 Å². The molecule has 1 heterocycles. The molecule has 1 saturated heterocycles. The van der Waals surface area contributed by atoms with Gasteiger partial charge in [-0.25, -0.2) is 4.79 Å². The number of carbonyl (C=O) groups is 1. The molecule has 5 heteroatoms. The first-order chi connectivity index (χ1) is 11.1. The average molecular weight is 319 g/mol. The molecule has 0 spiro atoms. The number of amides is 2. The van der Waals surface area contributed by atoms with Gasteiger partial charge in [-0.3, -0.25) is 4.90 Å². The van der Waals surface area contributed by atoms with Crippen molar-refractivity contribution in [2.45, 2.75) is 20.3 Å². The van der Waals surface area contributed by atoms with E-state index >= 15 is 0 Å². The Morgan fingerprint density at radius 1 is 1.26 bits per heavy atom. The maximum absolute atomic E-state index is 12.0. The van der Waals surface area contributed by atoms with Crippen molar-refractivity contribution in [2.24, 2.45) is 5.92 Å². The number of piperazine rings is 1. The van der Waals surface area contributed by atoms with Crippen LogP contribution in [0.3, 0.4) is 0 Å². The number of nitrogens with one attached hydrogen (secondary N) is 1. The largest absolute Gasteiger partial charge is 0.497 e. The summed E-state index contributed by atoms with van der Waals surface area (Å²) in [6, 6.07) is 8.31. The molecule has 1 aliphatic heterocycles. The molecule has 2 amide bonds. The molecule has 0 radical (unpaired) electrons. The fourth-order valence-corrected chi connectivity index (χ4v) is 2.69. The van der Waals surface area contributed by atoms with Crippen molar-refractivity contribution in [1.29, 1.82) is 0 Å². The number of hydrogen-bond donors (Lipinski definition) is 1. The molecule has 0 bridgehead atoms. The first-order valence-corrected chi connectivity index (χ1v) is 8.46. The predicted molar refractivity (Wildman–Crippen MR) is 92.9 cm³/mol. The van der Waals surface area contributed by atoms with Crippen LogP contribution in [0.25, 0.3) is 0 Å². The normalized spacial score (nSPS) is 15.7. The lowest BCUT2D eigenvalue weighted by Crippen LogP contribution is -2.52. The Morgan fingerprint density at radius 3 is 2.65 bits per heavy atom. The predicted octanol–water partition coefficient (Wildman–Crippen LogP) is 2.22. The maximum atomic E-state index is 12.0. The monoisotopic (exact) mass is 319 g/mol. The van der Waals surface area contributed by atoms with Gasteiger partial charge in [-0.15, -0.1) is 0 Å². The third-order valence-electron chi connectivity index (χ3n) is 4.17. The van der Waals surface area contributed by atoms with E-state index in [1.165, 1.54) is 5.56 Å². The van der Waals surface area contributed by atoms with Crippen molar-refractivity contribution in [3.8, 4) is 5.75 Å². The van der Waals surface area contributed by atoms with Gasteiger partial charge in [0.15, 0.2) is 0 Å².